The number of rotatable bonds is 7. The van der Waals surface area contributed by atoms with Crippen LogP contribution in [0, 0.1) is 0 Å². The van der Waals surface area contributed by atoms with Crippen LogP contribution in [0.1, 0.15) is 32.3 Å². The van der Waals surface area contributed by atoms with Crippen LogP contribution in [0.25, 0.3) is 0 Å². The van der Waals surface area contributed by atoms with Crippen molar-refractivity contribution in [2.75, 3.05) is 26.2 Å². The standard InChI is InChI=1S/C17H25F2N3O2/c1-3-20-17(22-9-5-6-10-22)21-12-13-7-8-14(24-16(18)19)15(11-13)23-4-2/h7-8,11,16H,3-6,9-10,12H2,1-2H3,(H,20,21). The smallest absolute Gasteiger partial charge is 0.387 e. The first-order valence-corrected chi connectivity index (χ1v) is 8.37. The lowest BCUT2D eigenvalue weighted by molar-refractivity contribution is -0.0514. The summed E-state index contributed by atoms with van der Waals surface area (Å²) in [6, 6.07) is 4.94. The largest absolute Gasteiger partial charge is 0.490 e. The molecular weight excluding hydrogens is 316 g/mol. The van der Waals surface area contributed by atoms with Crippen molar-refractivity contribution in [3.05, 3.63) is 23.8 Å². The Kier molecular flexibility index (Phi) is 7.08. The van der Waals surface area contributed by atoms with Crippen LogP contribution in [0.3, 0.4) is 0 Å². The molecule has 1 fully saturated rings. The van der Waals surface area contributed by atoms with E-state index < -0.39 is 6.61 Å². The molecule has 0 saturated carbocycles. The fourth-order valence-electron chi connectivity index (χ4n) is 2.63. The predicted molar refractivity (Wildman–Crippen MR) is 89.9 cm³/mol. The van der Waals surface area contributed by atoms with Crippen molar-refractivity contribution in [3.63, 3.8) is 0 Å². The Hall–Kier alpha value is -2.05. The van der Waals surface area contributed by atoms with E-state index in [4.69, 9.17) is 4.74 Å². The van der Waals surface area contributed by atoms with Crippen molar-refractivity contribution in [2.45, 2.75) is 39.8 Å². The van der Waals surface area contributed by atoms with E-state index >= 15 is 0 Å². The summed E-state index contributed by atoms with van der Waals surface area (Å²) in [4.78, 5) is 6.88. The normalized spacial score (nSPS) is 15.0. The molecule has 1 saturated heterocycles. The molecular formula is C17H25F2N3O2. The van der Waals surface area contributed by atoms with Gasteiger partial charge in [-0.25, -0.2) is 4.99 Å². The van der Waals surface area contributed by atoms with E-state index in [0.717, 1.165) is 31.2 Å². The zero-order valence-corrected chi connectivity index (χ0v) is 14.2. The number of aliphatic imine (C=N–C) groups is 1. The van der Waals surface area contributed by atoms with Crippen molar-refractivity contribution in [3.8, 4) is 11.5 Å². The molecule has 1 aromatic rings. The minimum atomic E-state index is -2.87. The van der Waals surface area contributed by atoms with Gasteiger partial charge in [0.1, 0.15) is 0 Å². The number of ether oxygens (including phenoxy) is 2. The fourth-order valence-corrected chi connectivity index (χ4v) is 2.63. The molecule has 1 aromatic carbocycles. The van der Waals surface area contributed by atoms with Crippen LogP contribution in [0.4, 0.5) is 8.78 Å². The molecule has 1 heterocycles. The predicted octanol–water partition coefficient (Wildman–Crippen LogP) is 3.25. The maximum atomic E-state index is 12.4. The van der Waals surface area contributed by atoms with Gasteiger partial charge in [0.25, 0.3) is 0 Å². The number of alkyl halides is 2. The molecule has 1 aliphatic heterocycles. The van der Waals surface area contributed by atoms with Crippen molar-refractivity contribution >= 4 is 5.96 Å². The Morgan fingerprint density at radius 1 is 1.25 bits per heavy atom. The van der Waals surface area contributed by atoms with Crippen LogP contribution in [-0.4, -0.2) is 43.7 Å². The first-order valence-electron chi connectivity index (χ1n) is 8.37. The Morgan fingerprint density at radius 2 is 2.00 bits per heavy atom. The van der Waals surface area contributed by atoms with E-state index in [1.54, 1.807) is 19.1 Å². The average Bonchev–Trinajstić information content (AvgIpc) is 3.07. The highest BCUT2D eigenvalue weighted by Crippen LogP contribution is 2.30. The SMILES string of the molecule is CCNC(=NCc1ccc(OC(F)F)c(OCC)c1)N1CCCC1. The quantitative estimate of drug-likeness (QED) is 0.611. The summed E-state index contributed by atoms with van der Waals surface area (Å²) in [6.07, 6.45) is 2.36. The van der Waals surface area contributed by atoms with Gasteiger partial charge in [-0.15, -0.1) is 0 Å². The molecule has 1 N–H and O–H groups in total. The number of hydrogen-bond donors (Lipinski definition) is 1. The summed E-state index contributed by atoms with van der Waals surface area (Å²) in [5.74, 6) is 1.25. The molecule has 7 heteroatoms. The van der Waals surface area contributed by atoms with Gasteiger partial charge in [-0.05, 0) is 44.4 Å². The van der Waals surface area contributed by atoms with Gasteiger partial charge in [0.2, 0.25) is 0 Å². The number of halogens is 2. The van der Waals surface area contributed by atoms with E-state index in [0.29, 0.717) is 18.9 Å². The first kappa shape index (κ1) is 18.3. The number of nitrogens with one attached hydrogen (secondary N) is 1. The second-order valence-electron chi connectivity index (χ2n) is 5.46. The third kappa shape index (κ3) is 5.25. The van der Waals surface area contributed by atoms with Crippen LogP contribution in [0.15, 0.2) is 23.2 Å². The maximum absolute atomic E-state index is 12.4. The number of benzene rings is 1. The van der Waals surface area contributed by atoms with E-state index in [9.17, 15) is 8.78 Å². The lowest BCUT2D eigenvalue weighted by Crippen LogP contribution is -2.39. The van der Waals surface area contributed by atoms with E-state index in [2.05, 4.69) is 19.9 Å². The second kappa shape index (κ2) is 9.30. The van der Waals surface area contributed by atoms with Crippen LogP contribution in [-0.2, 0) is 6.54 Å². The third-order valence-electron chi connectivity index (χ3n) is 3.68. The molecule has 0 spiro atoms. The Labute approximate surface area is 141 Å². The van der Waals surface area contributed by atoms with Crippen molar-refractivity contribution in [2.24, 2.45) is 4.99 Å². The zero-order valence-electron chi connectivity index (χ0n) is 14.2. The van der Waals surface area contributed by atoms with Crippen LogP contribution in [0.2, 0.25) is 0 Å². The molecule has 0 atom stereocenters. The molecule has 0 aromatic heterocycles. The fraction of sp³-hybridized carbons (Fsp3) is 0.588. The molecule has 0 bridgehead atoms. The summed E-state index contributed by atoms with van der Waals surface area (Å²) < 4.78 is 34.8. The molecule has 0 radical (unpaired) electrons. The molecule has 0 aliphatic carbocycles. The van der Waals surface area contributed by atoms with Gasteiger partial charge in [-0.2, -0.15) is 8.78 Å². The van der Waals surface area contributed by atoms with E-state index in [1.165, 1.54) is 18.9 Å². The van der Waals surface area contributed by atoms with Crippen molar-refractivity contribution < 1.29 is 18.3 Å². The molecule has 2 rings (SSSR count). The minimum absolute atomic E-state index is 0.0472. The van der Waals surface area contributed by atoms with Crippen molar-refractivity contribution in [1.29, 1.82) is 0 Å². The summed E-state index contributed by atoms with van der Waals surface area (Å²) in [5, 5.41) is 3.29. The van der Waals surface area contributed by atoms with Crippen LogP contribution < -0.4 is 14.8 Å². The lowest BCUT2D eigenvalue weighted by Gasteiger charge is -2.20. The molecule has 134 valence electrons. The summed E-state index contributed by atoms with van der Waals surface area (Å²) in [5.41, 5.74) is 0.884. The number of nitrogens with zero attached hydrogens (tertiary/aromatic N) is 2. The van der Waals surface area contributed by atoms with Gasteiger partial charge in [-0.3, -0.25) is 0 Å². The van der Waals surface area contributed by atoms with Crippen molar-refractivity contribution in [1.82, 2.24) is 10.2 Å². The highest BCUT2D eigenvalue weighted by Gasteiger charge is 2.16. The van der Waals surface area contributed by atoms with Gasteiger partial charge in [0.15, 0.2) is 17.5 Å². The van der Waals surface area contributed by atoms with Gasteiger partial charge in [0, 0.05) is 19.6 Å². The molecule has 5 nitrogen and oxygen atoms in total. The third-order valence-corrected chi connectivity index (χ3v) is 3.68. The van der Waals surface area contributed by atoms with Gasteiger partial charge >= 0.3 is 6.61 Å². The zero-order chi connectivity index (χ0) is 17.4. The number of guanidine groups is 1. The topological polar surface area (TPSA) is 46.1 Å². The van der Waals surface area contributed by atoms with Crippen LogP contribution >= 0.6 is 0 Å². The molecule has 0 unspecified atom stereocenters. The number of likely N-dealkylation sites (tertiary alicyclic amines) is 1. The second-order valence-corrected chi connectivity index (χ2v) is 5.46. The van der Waals surface area contributed by atoms with Gasteiger partial charge in [-0.1, -0.05) is 6.07 Å². The minimum Gasteiger partial charge on any atom is -0.490 e. The van der Waals surface area contributed by atoms with Crippen LogP contribution in [0.5, 0.6) is 11.5 Å². The monoisotopic (exact) mass is 341 g/mol. The first-order chi connectivity index (χ1) is 11.6. The van der Waals surface area contributed by atoms with E-state index in [-0.39, 0.29) is 5.75 Å². The maximum Gasteiger partial charge on any atom is 0.387 e. The average molecular weight is 341 g/mol. The van der Waals surface area contributed by atoms with E-state index in [1.807, 2.05) is 6.92 Å². The Balaban J connectivity index is 2.12. The highest BCUT2D eigenvalue weighted by molar-refractivity contribution is 5.80. The van der Waals surface area contributed by atoms with Gasteiger partial charge in [0.05, 0.1) is 13.2 Å². The lowest BCUT2D eigenvalue weighted by atomic mass is 10.2. The molecule has 1 aliphatic rings. The molecule has 24 heavy (non-hydrogen) atoms. The number of hydrogen-bond acceptors (Lipinski definition) is 3. The summed E-state index contributed by atoms with van der Waals surface area (Å²) in [7, 11) is 0. The summed E-state index contributed by atoms with van der Waals surface area (Å²) >= 11 is 0. The highest BCUT2D eigenvalue weighted by atomic mass is 19.3. The Morgan fingerprint density at radius 3 is 2.62 bits per heavy atom. The molecule has 0 amide bonds. The van der Waals surface area contributed by atoms with Gasteiger partial charge < -0.3 is 19.7 Å². The summed E-state index contributed by atoms with van der Waals surface area (Å²) in [6.45, 7) is 4.62. The Bertz CT molecular complexity index is 547.